The Balaban J connectivity index is 1.68. The molecule has 2 aromatic carbocycles. The summed E-state index contributed by atoms with van der Waals surface area (Å²) in [7, 11) is 0. The summed E-state index contributed by atoms with van der Waals surface area (Å²) < 4.78 is 11.3. The van der Waals surface area contributed by atoms with Crippen LogP contribution in [0.5, 0.6) is 5.75 Å². The van der Waals surface area contributed by atoms with Gasteiger partial charge >= 0.3 is 0 Å². The third kappa shape index (κ3) is 6.05. The van der Waals surface area contributed by atoms with E-state index in [4.69, 9.17) is 9.47 Å². The van der Waals surface area contributed by atoms with E-state index in [1.54, 1.807) is 6.92 Å². The molecule has 2 aromatic rings. The van der Waals surface area contributed by atoms with E-state index in [1.165, 1.54) is 0 Å². The molecule has 1 amide bonds. The first kappa shape index (κ1) is 18.0. The van der Waals surface area contributed by atoms with E-state index >= 15 is 0 Å². The van der Waals surface area contributed by atoms with Crippen molar-refractivity contribution in [3.63, 3.8) is 0 Å². The minimum atomic E-state index is -0.541. The molecule has 0 aliphatic rings. The average molecular weight is 327 g/mol. The lowest BCUT2D eigenvalue weighted by atomic mass is 10.1. The van der Waals surface area contributed by atoms with E-state index in [1.807, 2.05) is 56.3 Å². The molecule has 2 rings (SSSR count). The zero-order chi connectivity index (χ0) is 17.4. The minimum Gasteiger partial charge on any atom is -0.481 e. The molecular formula is C20H25NO3. The molecule has 0 aliphatic carbocycles. The number of hydrogen-bond acceptors (Lipinski definition) is 3. The highest BCUT2D eigenvalue weighted by molar-refractivity contribution is 5.80. The van der Waals surface area contributed by atoms with Crippen LogP contribution >= 0.6 is 0 Å². The molecule has 24 heavy (non-hydrogen) atoms. The summed E-state index contributed by atoms with van der Waals surface area (Å²) in [5.41, 5.74) is 3.36. The second-order valence-corrected chi connectivity index (χ2v) is 5.91. The fourth-order valence-electron chi connectivity index (χ4n) is 2.41. The molecule has 0 saturated carbocycles. The van der Waals surface area contributed by atoms with E-state index in [0.717, 1.165) is 22.4 Å². The summed E-state index contributed by atoms with van der Waals surface area (Å²) in [5.74, 6) is 0.577. The maximum atomic E-state index is 12.1. The Hall–Kier alpha value is -2.33. The maximum absolute atomic E-state index is 12.1. The van der Waals surface area contributed by atoms with Gasteiger partial charge in [0.15, 0.2) is 6.10 Å². The average Bonchev–Trinajstić information content (AvgIpc) is 2.54. The van der Waals surface area contributed by atoms with E-state index < -0.39 is 6.10 Å². The molecule has 0 unspecified atom stereocenters. The number of benzene rings is 2. The van der Waals surface area contributed by atoms with E-state index in [2.05, 4.69) is 11.4 Å². The second-order valence-electron chi connectivity index (χ2n) is 5.91. The highest BCUT2D eigenvalue weighted by Gasteiger charge is 2.14. The third-order valence-corrected chi connectivity index (χ3v) is 3.53. The number of carbonyl (C=O) groups is 1. The van der Waals surface area contributed by atoms with Gasteiger partial charge in [-0.25, -0.2) is 0 Å². The summed E-state index contributed by atoms with van der Waals surface area (Å²) in [5, 5.41) is 2.83. The third-order valence-electron chi connectivity index (χ3n) is 3.53. The SMILES string of the molecule is Cc1cc(C)cc(O[C@@H](C)C(=O)NCCOCc2ccccc2)c1. The summed E-state index contributed by atoms with van der Waals surface area (Å²) in [6, 6.07) is 15.9. The van der Waals surface area contributed by atoms with Gasteiger partial charge in [0.25, 0.3) is 5.91 Å². The molecule has 4 heteroatoms. The van der Waals surface area contributed by atoms with Gasteiger partial charge < -0.3 is 14.8 Å². The second kappa shape index (κ2) is 9.08. The molecule has 0 fully saturated rings. The van der Waals surface area contributed by atoms with Gasteiger partial charge in [-0.05, 0) is 49.6 Å². The van der Waals surface area contributed by atoms with Gasteiger partial charge in [-0.1, -0.05) is 36.4 Å². The molecule has 0 aromatic heterocycles. The lowest BCUT2D eigenvalue weighted by Crippen LogP contribution is -2.38. The Morgan fingerprint density at radius 1 is 1.08 bits per heavy atom. The van der Waals surface area contributed by atoms with Crippen molar-refractivity contribution in [3.05, 3.63) is 65.2 Å². The van der Waals surface area contributed by atoms with Crippen LogP contribution in [0.1, 0.15) is 23.6 Å². The van der Waals surface area contributed by atoms with Gasteiger partial charge in [0.05, 0.1) is 13.2 Å². The molecule has 1 atom stereocenters. The first-order valence-corrected chi connectivity index (χ1v) is 8.19. The predicted octanol–water partition coefficient (Wildman–Crippen LogP) is 3.40. The molecule has 128 valence electrons. The van der Waals surface area contributed by atoms with Gasteiger partial charge in [-0.2, -0.15) is 0 Å². The van der Waals surface area contributed by atoms with Crippen LogP contribution in [0, 0.1) is 13.8 Å². The van der Waals surface area contributed by atoms with Crippen molar-refractivity contribution in [1.82, 2.24) is 5.32 Å². The van der Waals surface area contributed by atoms with Crippen molar-refractivity contribution in [2.45, 2.75) is 33.5 Å². The smallest absolute Gasteiger partial charge is 0.260 e. The fraction of sp³-hybridized carbons (Fsp3) is 0.350. The summed E-state index contributed by atoms with van der Waals surface area (Å²) in [4.78, 5) is 12.1. The summed E-state index contributed by atoms with van der Waals surface area (Å²) >= 11 is 0. The number of carbonyl (C=O) groups excluding carboxylic acids is 1. The number of nitrogens with one attached hydrogen (secondary N) is 1. The van der Waals surface area contributed by atoms with Crippen LogP contribution in [0.25, 0.3) is 0 Å². The minimum absolute atomic E-state index is 0.141. The fourth-order valence-corrected chi connectivity index (χ4v) is 2.41. The number of aryl methyl sites for hydroxylation is 2. The van der Waals surface area contributed by atoms with Crippen molar-refractivity contribution in [2.75, 3.05) is 13.2 Å². The first-order valence-electron chi connectivity index (χ1n) is 8.19. The van der Waals surface area contributed by atoms with Crippen molar-refractivity contribution < 1.29 is 14.3 Å². The Kier molecular flexibility index (Phi) is 6.82. The molecular weight excluding hydrogens is 302 g/mol. The lowest BCUT2D eigenvalue weighted by molar-refractivity contribution is -0.127. The highest BCUT2D eigenvalue weighted by Crippen LogP contribution is 2.17. The van der Waals surface area contributed by atoms with Crippen LogP contribution < -0.4 is 10.1 Å². The molecule has 1 N–H and O–H groups in total. The largest absolute Gasteiger partial charge is 0.481 e. The number of ether oxygens (including phenoxy) is 2. The maximum Gasteiger partial charge on any atom is 0.260 e. The van der Waals surface area contributed by atoms with Crippen LogP contribution in [0.4, 0.5) is 0 Å². The number of rotatable bonds is 8. The number of amides is 1. The van der Waals surface area contributed by atoms with E-state index in [9.17, 15) is 4.79 Å². The Bertz CT molecular complexity index is 635. The van der Waals surface area contributed by atoms with Gasteiger partial charge in [-0.15, -0.1) is 0 Å². The Morgan fingerprint density at radius 3 is 2.42 bits per heavy atom. The zero-order valence-electron chi connectivity index (χ0n) is 14.5. The van der Waals surface area contributed by atoms with E-state index in [-0.39, 0.29) is 5.91 Å². The zero-order valence-corrected chi connectivity index (χ0v) is 14.5. The Morgan fingerprint density at radius 2 is 1.75 bits per heavy atom. The van der Waals surface area contributed by atoms with Crippen LogP contribution in [0.15, 0.2) is 48.5 Å². The molecule has 0 heterocycles. The van der Waals surface area contributed by atoms with E-state index in [0.29, 0.717) is 19.8 Å². The van der Waals surface area contributed by atoms with Crippen LogP contribution in [-0.4, -0.2) is 25.2 Å². The van der Waals surface area contributed by atoms with Gasteiger partial charge in [0, 0.05) is 6.54 Å². The number of hydrogen-bond donors (Lipinski definition) is 1. The van der Waals surface area contributed by atoms with Crippen LogP contribution in [0.3, 0.4) is 0 Å². The van der Waals surface area contributed by atoms with Crippen molar-refractivity contribution >= 4 is 5.91 Å². The van der Waals surface area contributed by atoms with Crippen LogP contribution in [0.2, 0.25) is 0 Å². The van der Waals surface area contributed by atoms with Gasteiger partial charge in [0.2, 0.25) is 0 Å². The molecule has 0 spiro atoms. The Labute approximate surface area is 143 Å². The summed E-state index contributed by atoms with van der Waals surface area (Å²) in [6.07, 6.45) is -0.541. The molecule has 0 saturated heterocycles. The van der Waals surface area contributed by atoms with Crippen molar-refractivity contribution in [3.8, 4) is 5.75 Å². The topological polar surface area (TPSA) is 47.6 Å². The quantitative estimate of drug-likeness (QED) is 0.756. The first-order chi connectivity index (χ1) is 11.5. The normalized spacial score (nSPS) is 11.8. The summed E-state index contributed by atoms with van der Waals surface area (Å²) in [6.45, 7) is 7.25. The standard InChI is InChI=1S/C20H25NO3/c1-15-11-16(2)13-19(12-15)24-17(3)20(22)21-9-10-23-14-18-7-5-4-6-8-18/h4-8,11-13,17H,9-10,14H2,1-3H3,(H,21,22)/t17-/m0/s1. The monoisotopic (exact) mass is 327 g/mol. The van der Waals surface area contributed by atoms with Gasteiger partial charge in [0.1, 0.15) is 5.75 Å². The van der Waals surface area contributed by atoms with Crippen molar-refractivity contribution in [1.29, 1.82) is 0 Å². The molecule has 0 aliphatic heterocycles. The van der Waals surface area contributed by atoms with Gasteiger partial charge in [-0.3, -0.25) is 4.79 Å². The predicted molar refractivity (Wildman–Crippen MR) is 95.1 cm³/mol. The lowest BCUT2D eigenvalue weighted by Gasteiger charge is -2.15. The molecule has 0 bridgehead atoms. The highest BCUT2D eigenvalue weighted by atomic mass is 16.5. The molecule has 0 radical (unpaired) electrons. The van der Waals surface area contributed by atoms with Crippen LogP contribution in [-0.2, 0) is 16.1 Å². The van der Waals surface area contributed by atoms with Crippen molar-refractivity contribution in [2.24, 2.45) is 0 Å². The molecule has 4 nitrogen and oxygen atoms in total.